The van der Waals surface area contributed by atoms with Crippen LogP contribution < -0.4 is 0 Å². The summed E-state index contributed by atoms with van der Waals surface area (Å²) in [6, 6.07) is 0. The maximum atomic E-state index is 10.8. The zero-order valence-electron chi connectivity index (χ0n) is 7.44. The van der Waals surface area contributed by atoms with Crippen LogP contribution in [-0.2, 0) is 4.79 Å². The maximum absolute atomic E-state index is 10.8. The predicted molar refractivity (Wildman–Crippen MR) is 46.5 cm³/mol. The van der Waals surface area contributed by atoms with Crippen LogP contribution in [0.3, 0.4) is 0 Å². The number of hydrogen-bond donors (Lipinski definition) is 0. The van der Waals surface area contributed by atoms with Crippen LogP contribution in [0.15, 0.2) is 11.1 Å². The first-order chi connectivity index (χ1) is 5.25. The van der Waals surface area contributed by atoms with E-state index in [9.17, 15) is 4.79 Å². The lowest BCUT2D eigenvalue weighted by Crippen LogP contribution is -2.15. The summed E-state index contributed by atoms with van der Waals surface area (Å²) in [7, 11) is 0. The highest BCUT2D eigenvalue weighted by Gasteiger charge is 2.21. The maximum Gasteiger partial charge on any atom is 0.162 e. The number of carbonyl (C=O) groups is 1. The van der Waals surface area contributed by atoms with Gasteiger partial charge in [0.25, 0.3) is 0 Å². The average molecular weight is 152 g/mol. The van der Waals surface area contributed by atoms with Crippen molar-refractivity contribution >= 4 is 5.78 Å². The van der Waals surface area contributed by atoms with Crippen LogP contribution >= 0.6 is 0 Å². The highest BCUT2D eigenvalue weighted by atomic mass is 16.1. The number of Topliss-reactive ketones (excluding diaryl/α,β-unsaturated/α-hetero) is 1. The molecule has 1 aliphatic carbocycles. The quantitative estimate of drug-likeness (QED) is 0.566. The number of ketones is 1. The monoisotopic (exact) mass is 152 g/mol. The molecule has 0 radical (unpaired) electrons. The molecule has 0 saturated carbocycles. The van der Waals surface area contributed by atoms with Crippen molar-refractivity contribution in [3.63, 3.8) is 0 Å². The van der Waals surface area contributed by atoms with Crippen molar-refractivity contribution in [1.82, 2.24) is 0 Å². The van der Waals surface area contributed by atoms with E-state index in [2.05, 4.69) is 6.92 Å². The molecule has 0 atom stereocenters. The molecule has 0 bridgehead atoms. The first-order valence-electron chi connectivity index (χ1n) is 4.47. The Morgan fingerprint density at radius 2 is 2.09 bits per heavy atom. The van der Waals surface area contributed by atoms with Crippen molar-refractivity contribution in [2.45, 2.75) is 46.0 Å². The van der Waals surface area contributed by atoms with E-state index in [0.29, 0.717) is 5.78 Å². The van der Waals surface area contributed by atoms with E-state index < -0.39 is 0 Å². The lowest BCUT2D eigenvalue weighted by atomic mass is 9.85. The second kappa shape index (κ2) is 3.70. The van der Waals surface area contributed by atoms with Crippen LogP contribution in [0, 0.1) is 0 Å². The van der Waals surface area contributed by atoms with Gasteiger partial charge in [0.2, 0.25) is 0 Å². The molecular weight excluding hydrogens is 136 g/mol. The van der Waals surface area contributed by atoms with Crippen molar-refractivity contribution in [1.29, 1.82) is 0 Å². The van der Waals surface area contributed by atoms with Crippen LogP contribution in [-0.4, -0.2) is 5.78 Å². The Morgan fingerprint density at radius 3 is 2.55 bits per heavy atom. The van der Waals surface area contributed by atoms with E-state index in [1.807, 2.05) is 6.92 Å². The van der Waals surface area contributed by atoms with Crippen molar-refractivity contribution in [2.24, 2.45) is 0 Å². The molecule has 0 aromatic rings. The summed E-state index contributed by atoms with van der Waals surface area (Å²) >= 11 is 0. The van der Waals surface area contributed by atoms with Crippen LogP contribution in [0.2, 0.25) is 0 Å². The Balaban J connectivity index is 2.24. The van der Waals surface area contributed by atoms with Crippen LogP contribution in [0.1, 0.15) is 46.0 Å². The van der Waals surface area contributed by atoms with Crippen LogP contribution in [0.4, 0.5) is 0 Å². The van der Waals surface area contributed by atoms with E-state index in [1.54, 1.807) is 0 Å². The number of carbonyl (C=O) groups excluding carboxylic acids is 1. The second-order valence-corrected chi connectivity index (χ2v) is 3.29. The molecule has 0 fully saturated rings. The summed E-state index contributed by atoms with van der Waals surface area (Å²) < 4.78 is 0. The first kappa shape index (κ1) is 8.51. The summed E-state index contributed by atoms with van der Waals surface area (Å²) in [5, 5.41) is 0. The van der Waals surface area contributed by atoms with Gasteiger partial charge in [-0.15, -0.1) is 0 Å². The zero-order valence-corrected chi connectivity index (χ0v) is 7.44. The predicted octanol–water partition coefficient (Wildman–Crippen LogP) is 2.86. The van der Waals surface area contributed by atoms with Gasteiger partial charge in [0.15, 0.2) is 5.78 Å². The molecule has 0 aliphatic heterocycles. The fraction of sp³-hybridized carbons (Fsp3) is 0.700. The smallest absolute Gasteiger partial charge is 0.162 e. The van der Waals surface area contributed by atoms with Gasteiger partial charge in [-0.2, -0.15) is 0 Å². The summed E-state index contributed by atoms with van der Waals surface area (Å²) in [5.41, 5.74) is 2.45. The van der Waals surface area contributed by atoms with E-state index >= 15 is 0 Å². The molecule has 0 saturated heterocycles. The molecule has 0 N–H and O–H groups in total. The van der Waals surface area contributed by atoms with Gasteiger partial charge in [0.05, 0.1) is 0 Å². The Kier molecular flexibility index (Phi) is 2.86. The first-order valence-corrected chi connectivity index (χ1v) is 4.47. The van der Waals surface area contributed by atoms with E-state index in [4.69, 9.17) is 0 Å². The van der Waals surface area contributed by atoms with Crippen LogP contribution in [0.5, 0.6) is 0 Å². The Labute approximate surface area is 68.5 Å². The van der Waals surface area contributed by atoms with Gasteiger partial charge >= 0.3 is 0 Å². The molecule has 0 unspecified atom stereocenters. The molecule has 11 heavy (non-hydrogen) atoms. The third-order valence-electron chi connectivity index (χ3n) is 2.40. The number of hydrogen-bond acceptors (Lipinski definition) is 1. The third kappa shape index (κ3) is 1.92. The Hall–Kier alpha value is -0.590. The molecule has 0 heterocycles. The summed E-state index contributed by atoms with van der Waals surface area (Å²) in [4.78, 5) is 10.8. The molecule has 0 spiro atoms. The van der Waals surface area contributed by atoms with Gasteiger partial charge in [-0.25, -0.2) is 0 Å². The van der Waals surface area contributed by atoms with Crippen molar-refractivity contribution in [2.75, 3.05) is 0 Å². The SMILES string of the molecule is CCCCCC1=C(C)C(=O)C1. The second-order valence-electron chi connectivity index (χ2n) is 3.29. The van der Waals surface area contributed by atoms with Gasteiger partial charge in [-0.1, -0.05) is 25.3 Å². The summed E-state index contributed by atoms with van der Waals surface area (Å²) in [5.74, 6) is 0.358. The summed E-state index contributed by atoms with van der Waals surface area (Å²) in [6.45, 7) is 4.15. The van der Waals surface area contributed by atoms with Crippen molar-refractivity contribution in [3.05, 3.63) is 11.1 Å². The molecule has 62 valence electrons. The minimum absolute atomic E-state index is 0.358. The zero-order chi connectivity index (χ0) is 8.27. The van der Waals surface area contributed by atoms with Gasteiger partial charge < -0.3 is 0 Å². The van der Waals surface area contributed by atoms with Crippen LogP contribution in [0.25, 0.3) is 0 Å². The van der Waals surface area contributed by atoms with Crippen molar-refractivity contribution < 1.29 is 4.79 Å². The Morgan fingerprint density at radius 1 is 1.36 bits per heavy atom. The number of unbranched alkanes of at least 4 members (excludes halogenated alkanes) is 2. The lowest BCUT2D eigenvalue weighted by molar-refractivity contribution is -0.116. The van der Waals surface area contributed by atoms with Gasteiger partial charge in [0.1, 0.15) is 0 Å². The fourth-order valence-electron chi connectivity index (χ4n) is 1.41. The standard InChI is InChI=1S/C10H16O/c1-3-4-5-6-9-7-10(11)8(9)2/h3-7H2,1-2H3. The van der Waals surface area contributed by atoms with E-state index in [0.717, 1.165) is 18.4 Å². The number of allylic oxidation sites excluding steroid dienone is 2. The topological polar surface area (TPSA) is 17.1 Å². The molecule has 1 nitrogen and oxygen atoms in total. The molecular formula is C10H16O. The lowest BCUT2D eigenvalue weighted by Gasteiger charge is -2.18. The molecule has 1 rings (SSSR count). The molecule has 0 amide bonds. The molecule has 0 aromatic carbocycles. The van der Waals surface area contributed by atoms with E-state index in [1.165, 1.54) is 24.8 Å². The van der Waals surface area contributed by atoms with Gasteiger partial charge in [0, 0.05) is 6.42 Å². The minimum Gasteiger partial charge on any atom is -0.294 e. The van der Waals surface area contributed by atoms with Crippen molar-refractivity contribution in [3.8, 4) is 0 Å². The summed E-state index contributed by atoms with van der Waals surface area (Å²) in [6.07, 6.45) is 5.72. The van der Waals surface area contributed by atoms with E-state index in [-0.39, 0.29) is 0 Å². The van der Waals surface area contributed by atoms with Gasteiger partial charge in [-0.05, 0) is 25.3 Å². The largest absolute Gasteiger partial charge is 0.294 e. The third-order valence-corrected chi connectivity index (χ3v) is 2.40. The Bertz CT molecular complexity index is 189. The molecule has 0 aromatic heterocycles. The molecule has 1 aliphatic rings. The highest BCUT2D eigenvalue weighted by molar-refractivity contribution is 6.03. The highest BCUT2D eigenvalue weighted by Crippen LogP contribution is 2.27. The minimum atomic E-state index is 0.358. The normalized spacial score (nSPS) is 17.1. The number of rotatable bonds is 4. The average Bonchev–Trinajstić information content (AvgIpc) is 2.03. The molecule has 1 heteroatoms. The fourth-order valence-corrected chi connectivity index (χ4v) is 1.41. The van der Waals surface area contributed by atoms with Gasteiger partial charge in [-0.3, -0.25) is 4.79 Å².